The lowest BCUT2D eigenvalue weighted by molar-refractivity contribution is 0.409. The molecule has 2 aromatic heterocycles. The van der Waals surface area contributed by atoms with Crippen LogP contribution in [0.25, 0.3) is 0 Å². The molecule has 0 radical (unpaired) electrons. The predicted octanol–water partition coefficient (Wildman–Crippen LogP) is 2.09. The molecule has 2 heterocycles. The molecule has 2 N–H and O–H groups in total. The zero-order valence-corrected chi connectivity index (χ0v) is 15.1. The zero-order valence-electron chi connectivity index (χ0n) is 15.1. The van der Waals surface area contributed by atoms with E-state index in [4.69, 9.17) is 4.99 Å². The number of aromatic nitrogens is 4. The Bertz CT molecular complexity index is 687. The molecular formula is C18H27N7. The van der Waals surface area contributed by atoms with Gasteiger partial charge in [0.15, 0.2) is 11.8 Å². The van der Waals surface area contributed by atoms with Gasteiger partial charge in [0.05, 0.1) is 18.8 Å². The third kappa shape index (κ3) is 5.01. The minimum atomic E-state index is 0.491. The fraction of sp³-hybridized carbons (Fsp3) is 0.556. The number of nitrogens with zero attached hydrogens (tertiary/aromatic N) is 5. The molecule has 1 fully saturated rings. The van der Waals surface area contributed by atoms with Crippen LogP contribution in [0, 0.1) is 6.92 Å². The highest BCUT2D eigenvalue weighted by atomic mass is 15.3. The van der Waals surface area contributed by atoms with E-state index in [-0.39, 0.29) is 0 Å². The molecule has 0 aromatic carbocycles. The predicted molar refractivity (Wildman–Crippen MR) is 98.0 cm³/mol. The number of aliphatic imine (C=N–C) groups is 1. The van der Waals surface area contributed by atoms with Crippen molar-refractivity contribution in [3.05, 3.63) is 41.7 Å². The van der Waals surface area contributed by atoms with E-state index in [1.165, 1.54) is 32.1 Å². The first-order chi connectivity index (χ1) is 12.2. The summed E-state index contributed by atoms with van der Waals surface area (Å²) < 4.78 is 1.99. The van der Waals surface area contributed by atoms with Gasteiger partial charge in [-0.2, -0.15) is 0 Å². The molecule has 25 heavy (non-hydrogen) atoms. The smallest absolute Gasteiger partial charge is 0.192 e. The molecule has 7 heteroatoms. The van der Waals surface area contributed by atoms with Gasteiger partial charge < -0.3 is 15.2 Å². The minimum Gasteiger partial charge on any atom is -0.354 e. The average Bonchev–Trinajstić information content (AvgIpc) is 2.97. The third-order valence-electron chi connectivity index (χ3n) is 4.67. The quantitative estimate of drug-likeness (QED) is 0.643. The molecule has 0 amide bonds. The van der Waals surface area contributed by atoms with E-state index < -0.39 is 0 Å². The summed E-state index contributed by atoms with van der Waals surface area (Å²) in [6.45, 7) is 3.10. The normalized spacial score (nSPS) is 16.0. The molecule has 0 atom stereocenters. The minimum absolute atomic E-state index is 0.491. The van der Waals surface area contributed by atoms with Gasteiger partial charge in [0.25, 0.3) is 0 Å². The molecular weight excluding hydrogens is 314 g/mol. The van der Waals surface area contributed by atoms with E-state index >= 15 is 0 Å². The van der Waals surface area contributed by atoms with Crippen molar-refractivity contribution in [2.24, 2.45) is 12.0 Å². The average molecular weight is 341 g/mol. The van der Waals surface area contributed by atoms with Crippen molar-refractivity contribution in [1.29, 1.82) is 0 Å². The van der Waals surface area contributed by atoms with Crippen LogP contribution < -0.4 is 10.6 Å². The first kappa shape index (κ1) is 17.4. The second-order valence-corrected chi connectivity index (χ2v) is 6.54. The van der Waals surface area contributed by atoms with Gasteiger partial charge in [-0.3, -0.25) is 4.98 Å². The number of nitrogens with one attached hydrogen (secondary N) is 2. The van der Waals surface area contributed by atoms with Crippen LogP contribution in [-0.4, -0.2) is 31.7 Å². The van der Waals surface area contributed by atoms with Crippen LogP contribution in [0.4, 0.5) is 0 Å². The highest BCUT2D eigenvalue weighted by Crippen LogP contribution is 2.17. The Morgan fingerprint density at radius 1 is 1.24 bits per heavy atom. The first-order valence-corrected chi connectivity index (χ1v) is 9.02. The zero-order chi connectivity index (χ0) is 17.5. The van der Waals surface area contributed by atoms with Crippen LogP contribution >= 0.6 is 0 Å². The van der Waals surface area contributed by atoms with Crippen molar-refractivity contribution in [2.75, 3.05) is 0 Å². The maximum absolute atomic E-state index is 4.71. The second kappa shape index (κ2) is 8.60. The van der Waals surface area contributed by atoms with Crippen LogP contribution in [0.1, 0.15) is 49.4 Å². The third-order valence-corrected chi connectivity index (χ3v) is 4.67. The van der Waals surface area contributed by atoms with E-state index in [1.807, 2.05) is 36.7 Å². The van der Waals surface area contributed by atoms with Crippen molar-refractivity contribution in [3.63, 3.8) is 0 Å². The van der Waals surface area contributed by atoms with Gasteiger partial charge in [0.1, 0.15) is 5.82 Å². The largest absolute Gasteiger partial charge is 0.354 e. The number of hydrogen-bond acceptors (Lipinski definition) is 4. The topological polar surface area (TPSA) is 80.0 Å². The lowest BCUT2D eigenvalue weighted by Gasteiger charge is -2.25. The van der Waals surface area contributed by atoms with Gasteiger partial charge >= 0.3 is 0 Å². The molecule has 1 aliphatic rings. The van der Waals surface area contributed by atoms with Crippen LogP contribution in [0.5, 0.6) is 0 Å². The van der Waals surface area contributed by atoms with Crippen molar-refractivity contribution in [1.82, 2.24) is 30.4 Å². The number of aryl methyl sites for hydroxylation is 1. The molecule has 0 aliphatic heterocycles. The summed E-state index contributed by atoms with van der Waals surface area (Å²) in [6.07, 6.45) is 8.11. The number of pyridine rings is 1. The van der Waals surface area contributed by atoms with Crippen LogP contribution in [0.2, 0.25) is 0 Å². The summed E-state index contributed by atoms with van der Waals surface area (Å²) in [5, 5.41) is 15.3. The highest BCUT2D eigenvalue weighted by molar-refractivity contribution is 5.80. The molecule has 0 unspecified atom stereocenters. The lowest BCUT2D eigenvalue weighted by atomic mass is 9.96. The van der Waals surface area contributed by atoms with Gasteiger partial charge in [0, 0.05) is 19.3 Å². The van der Waals surface area contributed by atoms with Gasteiger partial charge in [-0.05, 0) is 31.9 Å². The standard InChI is InChI=1S/C18H27N7/c1-14-23-24-17(25(14)2)13-21-18(22-15-8-4-3-5-9-15)20-12-16-10-6-7-11-19-16/h6-7,10-11,15H,3-5,8-9,12-13H2,1-2H3,(H2,20,21,22). The molecule has 7 nitrogen and oxygen atoms in total. The molecule has 1 saturated carbocycles. The van der Waals surface area contributed by atoms with E-state index in [0.717, 1.165) is 23.3 Å². The van der Waals surface area contributed by atoms with Crippen molar-refractivity contribution in [3.8, 4) is 0 Å². The highest BCUT2D eigenvalue weighted by Gasteiger charge is 2.15. The molecule has 134 valence electrons. The van der Waals surface area contributed by atoms with Crippen molar-refractivity contribution >= 4 is 5.96 Å². The monoisotopic (exact) mass is 341 g/mol. The van der Waals surface area contributed by atoms with Crippen molar-refractivity contribution in [2.45, 2.75) is 58.2 Å². The van der Waals surface area contributed by atoms with Gasteiger partial charge in [-0.25, -0.2) is 4.99 Å². The number of guanidine groups is 1. The Kier molecular flexibility index (Phi) is 5.98. The molecule has 0 bridgehead atoms. The summed E-state index contributed by atoms with van der Waals surface area (Å²) >= 11 is 0. The molecule has 3 rings (SSSR count). The van der Waals surface area contributed by atoms with E-state index in [0.29, 0.717) is 19.1 Å². The maximum atomic E-state index is 4.71. The summed E-state index contributed by atoms with van der Waals surface area (Å²) in [6, 6.07) is 6.39. The van der Waals surface area contributed by atoms with Crippen LogP contribution in [-0.2, 0) is 20.1 Å². The SMILES string of the molecule is Cc1nnc(CNC(=NCc2ccccn2)NC2CCCCC2)n1C. The Hall–Kier alpha value is -2.44. The van der Waals surface area contributed by atoms with Gasteiger partial charge in [-0.15, -0.1) is 10.2 Å². The number of rotatable bonds is 5. The Labute approximate surface area is 149 Å². The van der Waals surface area contributed by atoms with Crippen LogP contribution in [0.3, 0.4) is 0 Å². The maximum Gasteiger partial charge on any atom is 0.192 e. The Morgan fingerprint density at radius 2 is 2.08 bits per heavy atom. The first-order valence-electron chi connectivity index (χ1n) is 9.02. The van der Waals surface area contributed by atoms with Gasteiger partial charge in [-0.1, -0.05) is 25.3 Å². The Balaban J connectivity index is 1.65. The molecule has 2 aromatic rings. The Morgan fingerprint density at radius 3 is 2.76 bits per heavy atom. The second-order valence-electron chi connectivity index (χ2n) is 6.54. The van der Waals surface area contributed by atoms with E-state index in [2.05, 4.69) is 25.8 Å². The number of hydrogen-bond donors (Lipinski definition) is 2. The van der Waals surface area contributed by atoms with E-state index in [1.54, 1.807) is 6.20 Å². The van der Waals surface area contributed by atoms with Crippen molar-refractivity contribution < 1.29 is 0 Å². The summed E-state index contributed by atoms with van der Waals surface area (Å²) in [5.41, 5.74) is 0.960. The molecule has 1 aliphatic carbocycles. The van der Waals surface area contributed by atoms with Crippen LogP contribution in [0.15, 0.2) is 29.4 Å². The summed E-state index contributed by atoms with van der Waals surface area (Å²) in [5.74, 6) is 2.62. The fourth-order valence-corrected chi connectivity index (χ4v) is 3.01. The van der Waals surface area contributed by atoms with Gasteiger partial charge in [0.2, 0.25) is 0 Å². The van der Waals surface area contributed by atoms with E-state index in [9.17, 15) is 0 Å². The summed E-state index contributed by atoms with van der Waals surface area (Å²) in [4.78, 5) is 9.06. The summed E-state index contributed by atoms with van der Waals surface area (Å²) in [7, 11) is 1.98. The molecule has 0 spiro atoms. The molecule has 0 saturated heterocycles. The lowest BCUT2D eigenvalue weighted by Crippen LogP contribution is -2.44. The fourth-order valence-electron chi connectivity index (χ4n) is 3.01.